The third-order valence-corrected chi connectivity index (χ3v) is 6.49. The Morgan fingerprint density at radius 3 is 2.37 bits per heavy atom. The van der Waals surface area contributed by atoms with Gasteiger partial charge in [0.2, 0.25) is 0 Å². The van der Waals surface area contributed by atoms with Gasteiger partial charge >= 0.3 is 6.09 Å². The van der Waals surface area contributed by atoms with Gasteiger partial charge in [-0.15, -0.1) is 0 Å². The molecule has 6 nitrogen and oxygen atoms in total. The van der Waals surface area contributed by atoms with Crippen LogP contribution in [0.3, 0.4) is 0 Å². The fourth-order valence-corrected chi connectivity index (χ4v) is 4.35. The van der Waals surface area contributed by atoms with E-state index >= 15 is 0 Å². The minimum absolute atomic E-state index is 0.229. The van der Waals surface area contributed by atoms with Gasteiger partial charge in [0.25, 0.3) is 0 Å². The van der Waals surface area contributed by atoms with Crippen LogP contribution in [0.15, 0.2) is 79.0 Å². The van der Waals surface area contributed by atoms with Crippen molar-refractivity contribution < 1.29 is 9.53 Å². The Balaban J connectivity index is 1.33. The standard InChI is InChI=1S/C28H23ClN4O2/c1-18(25-4-2-3-5-26(25)29)35-28(34)32-27-23(16-30)17-31-33(27)24-14-12-22(13-15-24)21-10-8-20(9-11-21)19-6-7-19/h2-5,8-15,17-19H,6-7H2,1H3,(H,32,34). The van der Waals surface area contributed by atoms with Crippen LogP contribution in [0, 0.1) is 11.3 Å². The van der Waals surface area contributed by atoms with E-state index in [0.717, 1.165) is 17.0 Å². The number of halogens is 1. The van der Waals surface area contributed by atoms with E-state index in [4.69, 9.17) is 16.3 Å². The summed E-state index contributed by atoms with van der Waals surface area (Å²) in [7, 11) is 0. The molecule has 5 rings (SSSR count). The molecule has 1 unspecified atom stereocenters. The summed E-state index contributed by atoms with van der Waals surface area (Å²) in [5.41, 5.74) is 5.24. The van der Waals surface area contributed by atoms with Crippen molar-refractivity contribution in [3.63, 3.8) is 0 Å². The molecule has 0 saturated heterocycles. The molecule has 1 fully saturated rings. The number of nitrogens with zero attached hydrogens (tertiary/aromatic N) is 3. The molecule has 0 radical (unpaired) electrons. The lowest BCUT2D eigenvalue weighted by atomic mass is 10.0. The molecule has 1 N–H and O–H groups in total. The van der Waals surface area contributed by atoms with Gasteiger partial charge in [-0.2, -0.15) is 10.4 Å². The molecular formula is C28H23ClN4O2. The summed E-state index contributed by atoms with van der Waals surface area (Å²) in [6, 6.07) is 25.7. The molecule has 1 atom stereocenters. The number of anilines is 1. The van der Waals surface area contributed by atoms with Crippen molar-refractivity contribution in [2.24, 2.45) is 0 Å². The molecule has 0 aliphatic heterocycles. The zero-order valence-electron chi connectivity index (χ0n) is 19.1. The SMILES string of the molecule is CC(OC(=O)Nc1c(C#N)cnn1-c1ccc(-c2ccc(C3CC3)cc2)cc1)c1ccccc1Cl. The van der Waals surface area contributed by atoms with Crippen molar-refractivity contribution in [1.29, 1.82) is 5.26 Å². The van der Waals surface area contributed by atoms with Gasteiger partial charge in [-0.05, 0) is 60.6 Å². The van der Waals surface area contributed by atoms with Crippen molar-refractivity contribution >= 4 is 23.5 Å². The van der Waals surface area contributed by atoms with Crippen LogP contribution in [0.1, 0.15) is 48.5 Å². The maximum absolute atomic E-state index is 12.6. The van der Waals surface area contributed by atoms with Crippen molar-refractivity contribution in [2.75, 3.05) is 5.32 Å². The van der Waals surface area contributed by atoms with Gasteiger partial charge in [-0.25, -0.2) is 9.48 Å². The molecule has 3 aromatic carbocycles. The van der Waals surface area contributed by atoms with Crippen LogP contribution in [0.5, 0.6) is 0 Å². The Morgan fingerprint density at radius 2 is 1.74 bits per heavy atom. The molecule has 0 spiro atoms. The van der Waals surface area contributed by atoms with Crippen LogP contribution in [-0.2, 0) is 4.74 Å². The topological polar surface area (TPSA) is 79.9 Å². The van der Waals surface area contributed by atoms with E-state index in [1.807, 2.05) is 36.4 Å². The first-order valence-electron chi connectivity index (χ1n) is 11.4. The van der Waals surface area contributed by atoms with Gasteiger partial charge < -0.3 is 4.74 Å². The van der Waals surface area contributed by atoms with E-state index in [-0.39, 0.29) is 11.4 Å². The van der Waals surface area contributed by atoms with E-state index in [9.17, 15) is 10.1 Å². The second kappa shape index (κ2) is 9.65. The van der Waals surface area contributed by atoms with E-state index in [1.54, 1.807) is 19.1 Å². The summed E-state index contributed by atoms with van der Waals surface area (Å²) in [5, 5.41) is 17.0. The van der Waals surface area contributed by atoms with Crippen LogP contribution >= 0.6 is 11.6 Å². The highest BCUT2D eigenvalue weighted by atomic mass is 35.5. The molecule has 7 heteroatoms. The van der Waals surface area contributed by atoms with Crippen LogP contribution in [0.4, 0.5) is 10.6 Å². The highest BCUT2D eigenvalue weighted by Gasteiger charge is 2.23. The van der Waals surface area contributed by atoms with Crippen molar-refractivity contribution in [3.05, 3.63) is 101 Å². The molecule has 1 aromatic heterocycles. The monoisotopic (exact) mass is 482 g/mol. The number of hydrogen-bond acceptors (Lipinski definition) is 4. The summed E-state index contributed by atoms with van der Waals surface area (Å²) in [6.45, 7) is 1.74. The number of amides is 1. The van der Waals surface area contributed by atoms with Crippen LogP contribution in [0.2, 0.25) is 5.02 Å². The van der Waals surface area contributed by atoms with Gasteiger partial charge in [-0.1, -0.05) is 66.2 Å². The number of aromatic nitrogens is 2. The first kappa shape index (κ1) is 22.7. The summed E-state index contributed by atoms with van der Waals surface area (Å²) in [4.78, 5) is 12.6. The van der Waals surface area contributed by atoms with Gasteiger partial charge in [0.1, 0.15) is 17.7 Å². The maximum Gasteiger partial charge on any atom is 0.413 e. The summed E-state index contributed by atoms with van der Waals surface area (Å²) in [5.74, 6) is 0.969. The molecule has 4 aromatic rings. The van der Waals surface area contributed by atoms with Gasteiger partial charge in [-0.3, -0.25) is 5.32 Å². The number of nitrogens with one attached hydrogen (secondary N) is 1. The Morgan fingerprint density at radius 1 is 1.09 bits per heavy atom. The molecule has 174 valence electrons. The Hall–Kier alpha value is -4.08. The molecule has 1 aliphatic carbocycles. The molecule has 1 heterocycles. The van der Waals surface area contributed by atoms with E-state index in [2.05, 4.69) is 40.8 Å². The molecule has 35 heavy (non-hydrogen) atoms. The number of hydrogen-bond donors (Lipinski definition) is 1. The lowest BCUT2D eigenvalue weighted by Gasteiger charge is -2.16. The molecule has 1 amide bonds. The maximum atomic E-state index is 12.6. The molecule has 1 saturated carbocycles. The van der Waals surface area contributed by atoms with E-state index in [0.29, 0.717) is 16.3 Å². The first-order chi connectivity index (χ1) is 17.0. The quantitative estimate of drug-likeness (QED) is 0.314. The Labute approximate surface area is 208 Å². The molecule has 0 bridgehead atoms. The number of ether oxygens (including phenoxy) is 1. The number of carbonyl (C=O) groups excluding carboxylic acids is 1. The Kier molecular flexibility index (Phi) is 6.26. The summed E-state index contributed by atoms with van der Waals surface area (Å²) >= 11 is 6.21. The number of rotatable bonds is 6. The average molecular weight is 483 g/mol. The minimum Gasteiger partial charge on any atom is -0.441 e. The molecular weight excluding hydrogens is 460 g/mol. The number of carbonyl (C=O) groups is 1. The lowest BCUT2D eigenvalue weighted by molar-refractivity contribution is 0.121. The smallest absolute Gasteiger partial charge is 0.413 e. The fourth-order valence-electron chi connectivity index (χ4n) is 4.06. The normalized spacial score (nSPS) is 13.6. The third kappa shape index (κ3) is 4.91. The predicted molar refractivity (Wildman–Crippen MR) is 136 cm³/mol. The second-order valence-electron chi connectivity index (χ2n) is 8.57. The van der Waals surface area contributed by atoms with Crippen molar-refractivity contribution in [2.45, 2.75) is 31.8 Å². The van der Waals surface area contributed by atoms with E-state index < -0.39 is 12.2 Å². The van der Waals surface area contributed by atoms with Crippen molar-refractivity contribution in [3.8, 4) is 22.9 Å². The third-order valence-electron chi connectivity index (χ3n) is 6.14. The second-order valence-corrected chi connectivity index (χ2v) is 8.97. The fraction of sp³-hybridized carbons (Fsp3) is 0.179. The van der Waals surface area contributed by atoms with Crippen LogP contribution in [0.25, 0.3) is 16.8 Å². The predicted octanol–water partition coefficient (Wildman–Crippen LogP) is 7.25. The minimum atomic E-state index is -0.706. The number of nitriles is 1. The zero-order valence-corrected chi connectivity index (χ0v) is 19.9. The van der Waals surface area contributed by atoms with E-state index in [1.165, 1.54) is 29.3 Å². The Bertz CT molecular complexity index is 1400. The van der Waals surface area contributed by atoms with Crippen LogP contribution < -0.4 is 5.32 Å². The average Bonchev–Trinajstić information content (AvgIpc) is 3.65. The highest BCUT2D eigenvalue weighted by molar-refractivity contribution is 6.31. The molecule has 1 aliphatic rings. The zero-order chi connectivity index (χ0) is 24.4. The lowest BCUT2D eigenvalue weighted by Crippen LogP contribution is -2.19. The largest absolute Gasteiger partial charge is 0.441 e. The highest BCUT2D eigenvalue weighted by Crippen LogP contribution is 2.40. The first-order valence-corrected chi connectivity index (χ1v) is 11.8. The summed E-state index contributed by atoms with van der Waals surface area (Å²) in [6.07, 6.45) is 2.70. The van der Waals surface area contributed by atoms with Gasteiger partial charge in [0.15, 0.2) is 5.82 Å². The van der Waals surface area contributed by atoms with Gasteiger partial charge in [0, 0.05) is 10.6 Å². The van der Waals surface area contributed by atoms with Crippen LogP contribution in [-0.4, -0.2) is 15.9 Å². The van der Waals surface area contributed by atoms with Gasteiger partial charge in [0.05, 0.1) is 11.9 Å². The number of benzene rings is 3. The summed E-state index contributed by atoms with van der Waals surface area (Å²) < 4.78 is 7.02. The van der Waals surface area contributed by atoms with Crippen molar-refractivity contribution in [1.82, 2.24) is 9.78 Å².